The van der Waals surface area contributed by atoms with E-state index in [0.29, 0.717) is 25.7 Å². The van der Waals surface area contributed by atoms with Gasteiger partial charge in [0.25, 0.3) is 0 Å². The van der Waals surface area contributed by atoms with Crippen molar-refractivity contribution in [2.75, 3.05) is 19.6 Å². The number of hydrogen-bond acceptors (Lipinski definition) is 3. The fraction of sp³-hybridized carbons (Fsp3) is 0.364. The van der Waals surface area contributed by atoms with Crippen LogP contribution < -0.4 is 5.32 Å². The van der Waals surface area contributed by atoms with Crippen LogP contribution in [-0.4, -0.2) is 52.6 Å². The van der Waals surface area contributed by atoms with E-state index in [1.54, 1.807) is 24.3 Å². The van der Waals surface area contributed by atoms with Gasteiger partial charge in [0, 0.05) is 38.8 Å². The zero-order valence-electron chi connectivity index (χ0n) is 16.2. The molecule has 1 heterocycles. The second-order valence-corrected chi connectivity index (χ2v) is 7.12. The summed E-state index contributed by atoms with van der Waals surface area (Å²) in [7, 11) is 0. The Hall–Kier alpha value is -2.86. The van der Waals surface area contributed by atoms with Crippen molar-refractivity contribution in [3.8, 4) is 0 Å². The molecule has 0 saturated carbocycles. The van der Waals surface area contributed by atoms with Gasteiger partial charge in [-0.15, -0.1) is 0 Å². The van der Waals surface area contributed by atoms with E-state index < -0.39 is 5.97 Å². The molecule has 1 atom stereocenters. The van der Waals surface area contributed by atoms with E-state index >= 15 is 0 Å². The molecule has 1 saturated heterocycles. The van der Waals surface area contributed by atoms with E-state index in [4.69, 9.17) is 5.11 Å². The Kier molecular flexibility index (Phi) is 6.66. The maximum absolute atomic E-state index is 12.6. The van der Waals surface area contributed by atoms with Crippen molar-refractivity contribution >= 4 is 12.0 Å². The van der Waals surface area contributed by atoms with Crippen LogP contribution in [0.1, 0.15) is 34.8 Å². The van der Waals surface area contributed by atoms with E-state index in [0.717, 1.165) is 25.1 Å². The molecule has 1 fully saturated rings. The molecule has 1 aliphatic heterocycles. The summed E-state index contributed by atoms with van der Waals surface area (Å²) in [5.74, 6) is -0.949. The largest absolute Gasteiger partial charge is 0.478 e. The number of amides is 2. The van der Waals surface area contributed by atoms with Gasteiger partial charge >= 0.3 is 12.0 Å². The highest BCUT2D eigenvalue weighted by Gasteiger charge is 2.28. The Labute approximate surface area is 165 Å². The number of carbonyl (C=O) groups is 2. The summed E-state index contributed by atoms with van der Waals surface area (Å²) < 4.78 is 0. The highest BCUT2D eigenvalue weighted by atomic mass is 16.4. The van der Waals surface area contributed by atoms with Gasteiger partial charge in [0.1, 0.15) is 0 Å². The number of hydrogen-bond donors (Lipinski definition) is 2. The molecule has 6 heteroatoms. The summed E-state index contributed by atoms with van der Waals surface area (Å²) >= 11 is 0. The zero-order valence-corrected chi connectivity index (χ0v) is 16.2. The first kappa shape index (κ1) is 19.9. The predicted octanol–water partition coefficient (Wildman–Crippen LogP) is 3.19. The lowest BCUT2D eigenvalue weighted by atomic mass is 10.1. The van der Waals surface area contributed by atoms with Crippen LogP contribution in [0.3, 0.4) is 0 Å². The fourth-order valence-corrected chi connectivity index (χ4v) is 3.55. The number of benzene rings is 2. The van der Waals surface area contributed by atoms with Crippen molar-refractivity contribution in [3.63, 3.8) is 0 Å². The van der Waals surface area contributed by atoms with Crippen molar-refractivity contribution in [1.29, 1.82) is 0 Å². The molecule has 3 rings (SSSR count). The van der Waals surface area contributed by atoms with Gasteiger partial charge < -0.3 is 15.3 Å². The van der Waals surface area contributed by atoms with E-state index in [-0.39, 0.29) is 11.6 Å². The van der Waals surface area contributed by atoms with Crippen LogP contribution in [0, 0.1) is 0 Å². The number of nitrogens with zero attached hydrogens (tertiary/aromatic N) is 2. The number of piperazine rings is 1. The third kappa shape index (κ3) is 5.10. The van der Waals surface area contributed by atoms with Gasteiger partial charge in [0.05, 0.1) is 5.56 Å². The van der Waals surface area contributed by atoms with Crippen molar-refractivity contribution in [2.45, 2.75) is 32.5 Å². The Balaban J connectivity index is 1.51. The SMILES string of the molecule is CCC1CN(C(=O)NCc2ccc(C(=O)O)cc2)CCN1Cc1ccccc1. The van der Waals surface area contributed by atoms with Crippen LogP contribution in [0.5, 0.6) is 0 Å². The monoisotopic (exact) mass is 381 g/mol. The van der Waals surface area contributed by atoms with Crippen LogP contribution in [0.2, 0.25) is 0 Å². The average Bonchev–Trinajstić information content (AvgIpc) is 2.73. The van der Waals surface area contributed by atoms with E-state index in [9.17, 15) is 9.59 Å². The quantitative estimate of drug-likeness (QED) is 0.806. The minimum Gasteiger partial charge on any atom is -0.478 e. The number of aromatic carboxylic acids is 1. The van der Waals surface area contributed by atoms with Gasteiger partial charge in [-0.05, 0) is 29.7 Å². The summed E-state index contributed by atoms with van der Waals surface area (Å²) in [6, 6.07) is 17.3. The third-order valence-corrected chi connectivity index (χ3v) is 5.24. The van der Waals surface area contributed by atoms with E-state index in [1.165, 1.54) is 5.56 Å². The maximum Gasteiger partial charge on any atom is 0.335 e. The molecule has 2 amide bonds. The first-order valence-corrected chi connectivity index (χ1v) is 9.69. The summed E-state index contributed by atoms with van der Waals surface area (Å²) in [6.07, 6.45) is 0.993. The lowest BCUT2D eigenvalue weighted by molar-refractivity contribution is 0.0696. The summed E-state index contributed by atoms with van der Waals surface area (Å²) in [4.78, 5) is 27.8. The zero-order chi connectivity index (χ0) is 19.9. The molecule has 0 bridgehead atoms. The number of carboxylic acids is 1. The van der Waals surface area contributed by atoms with Crippen LogP contribution in [0.4, 0.5) is 4.79 Å². The van der Waals surface area contributed by atoms with Crippen LogP contribution in [0.25, 0.3) is 0 Å². The molecule has 6 nitrogen and oxygen atoms in total. The lowest BCUT2D eigenvalue weighted by Crippen LogP contribution is -2.56. The molecule has 2 aromatic carbocycles. The summed E-state index contributed by atoms with van der Waals surface area (Å²) in [5.41, 5.74) is 2.42. The Morgan fingerprint density at radius 2 is 1.75 bits per heavy atom. The summed E-state index contributed by atoms with van der Waals surface area (Å²) in [6.45, 7) is 5.73. The van der Waals surface area contributed by atoms with Gasteiger partial charge in [-0.1, -0.05) is 49.4 Å². The smallest absolute Gasteiger partial charge is 0.335 e. The minimum atomic E-state index is -0.949. The Bertz CT molecular complexity index is 792. The molecule has 0 radical (unpaired) electrons. The Morgan fingerprint density at radius 3 is 2.39 bits per heavy atom. The second kappa shape index (κ2) is 9.37. The topological polar surface area (TPSA) is 72.9 Å². The van der Waals surface area contributed by atoms with Gasteiger partial charge in [-0.2, -0.15) is 0 Å². The number of nitrogens with one attached hydrogen (secondary N) is 1. The molecule has 28 heavy (non-hydrogen) atoms. The van der Waals surface area contributed by atoms with E-state index in [2.05, 4.69) is 41.4 Å². The molecule has 1 aliphatic rings. The van der Waals surface area contributed by atoms with Crippen molar-refractivity contribution in [2.24, 2.45) is 0 Å². The molecular formula is C22H27N3O3. The number of rotatable bonds is 6. The van der Waals surface area contributed by atoms with Crippen molar-refractivity contribution in [1.82, 2.24) is 15.1 Å². The molecule has 0 aromatic heterocycles. The standard InChI is InChI=1S/C22H27N3O3/c1-2-20-16-25(13-12-24(20)15-18-6-4-3-5-7-18)22(28)23-14-17-8-10-19(11-9-17)21(26)27/h3-11,20H,2,12-16H2,1H3,(H,23,28)(H,26,27). The lowest BCUT2D eigenvalue weighted by Gasteiger charge is -2.41. The number of carbonyl (C=O) groups excluding carboxylic acids is 1. The van der Waals surface area contributed by atoms with Crippen LogP contribution in [-0.2, 0) is 13.1 Å². The molecule has 148 valence electrons. The molecule has 0 spiro atoms. The van der Waals surface area contributed by atoms with Crippen LogP contribution in [0.15, 0.2) is 54.6 Å². The number of urea groups is 1. The third-order valence-electron chi connectivity index (χ3n) is 5.24. The predicted molar refractivity (Wildman–Crippen MR) is 108 cm³/mol. The molecule has 2 N–H and O–H groups in total. The normalized spacial score (nSPS) is 17.3. The first-order valence-electron chi connectivity index (χ1n) is 9.69. The van der Waals surface area contributed by atoms with E-state index in [1.807, 2.05) is 11.0 Å². The highest BCUT2D eigenvalue weighted by Crippen LogP contribution is 2.16. The molecule has 1 unspecified atom stereocenters. The van der Waals surface area contributed by atoms with Gasteiger partial charge in [-0.3, -0.25) is 4.90 Å². The van der Waals surface area contributed by atoms with Crippen molar-refractivity contribution in [3.05, 3.63) is 71.3 Å². The average molecular weight is 381 g/mol. The Morgan fingerprint density at radius 1 is 1.04 bits per heavy atom. The minimum absolute atomic E-state index is 0.0693. The van der Waals surface area contributed by atoms with Crippen molar-refractivity contribution < 1.29 is 14.7 Å². The summed E-state index contributed by atoms with van der Waals surface area (Å²) in [5, 5.41) is 11.9. The highest BCUT2D eigenvalue weighted by molar-refractivity contribution is 5.87. The molecular weight excluding hydrogens is 354 g/mol. The maximum atomic E-state index is 12.6. The molecule has 2 aromatic rings. The second-order valence-electron chi connectivity index (χ2n) is 7.12. The molecule has 0 aliphatic carbocycles. The van der Waals surface area contributed by atoms with Gasteiger partial charge in [0.15, 0.2) is 0 Å². The van der Waals surface area contributed by atoms with Crippen LogP contribution >= 0.6 is 0 Å². The first-order chi connectivity index (χ1) is 13.6. The number of carboxylic acid groups (broad SMARTS) is 1. The fourth-order valence-electron chi connectivity index (χ4n) is 3.55. The van der Waals surface area contributed by atoms with Gasteiger partial charge in [0.2, 0.25) is 0 Å². The van der Waals surface area contributed by atoms with Gasteiger partial charge in [-0.25, -0.2) is 9.59 Å².